The van der Waals surface area contributed by atoms with Gasteiger partial charge in [0.05, 0.1) is 17.1 Å². The van der Waals surface area contributed by atoms with Crippen molar-refractivity contribution in [3.05, 3.63) is 18.2 Å². The summed E-state index contributed by atoms with van der Waals surface area (Å²) < 4.78 is 28.6. The monoisotopic (exact) mass is 283 g/mol. The Labute approximate surface area is 112 Å². The lowest BCUT2D eigenvalue weighted by Gasteiger charge is -2.34. The van der Waals surface area contributed by atoms with Crippen LogP contribution in [0.15, 0.2) is 23.1 Å². The van der Waals surface area contributed by atoms with E-state index in [-0.39, 0.29) is 17.1 Å². The second kappa shape index (κ2) is 4.36. The molecule has 2 aliphatic rings. The molecule has 7 heteroatoms. The predicted octanol–water partition coefficient (Wildman–Crippen LogP) is 0.284. The number of hydrogen-bond acceptors (Lipinski definition) is 5. The number of primary sulfonamides is 1. The molecule has 0 aromatic heterocycles. The molecule has 0 spiro atoms. The first-order chi connectivity index (χ1) is 8.91. The fourth-order valence-corrected chi connectivity index (χ4v) is 3.36. The highest BCUT2D eigenvalue weighted by atomic mass is 32.2. The summed E-state index contributed by atoms with van der Waals surface area (Å²) in [6.07, 6.45) is 2.59. The van der Waals surface area contributed by atoms with Gasteiger partial charge in [-0.1, -0.05) is 0 Å². The Kier molecular flexibility index (Phi) is 2.92. The Bertz CT molecular complexity index is 590. The summed E-state index contributed by atoms with van der Waals surface area (Å²) in [5, 5.41) is 5.16. The number of sulfonamides is 1. The smallest absolute Gasteiger partial charge is 0.238 e. The molecule has 2 saturated heterocycles. The Morgan fingerprint density at radius 2 is 1.79 bits per heavy atom. The molecule has 1 aromatic carbocycles. The number of rotatable bonds is 2. The molecule has 0 amide bonds. The average Bonchev–Trinajstić information content (AvgIpc) is 2.66. The van der Waals surface area contributed by atoms with Crippen LogP contribution < -0.4 is 15.8 Å². The molecule has 0 radical (unpaired) electrons. The van der Waals surface area contributed by atoms with Crippen molar-refractivity contribution in [3.63, 3.8) is 0 Å². The molecule has 2 atom stereocenters. The van der Waals surface area contributed by atoms with E-state index in [0.29, 0.717) is 5.69 Å². The van der Waals surface area contributed by atoms with Gasteiger partial charge in [-0.15, -0.1) is 0 Å². The van der Waals surface area contributed by atoms with Gasteiger partial charge in [-0.3, -0.25) is 0 Å². The average molecular weight is 283 g/mol. The van der Waals surface area contributed by atoms with Crippen LogP contribution in [0.3, 0.4) is 0 Å². The zero-order valence-corrected chi connectivity index (χ0v) is 11.3. The van der Waals surface area contributed by atoms with Gasteiger partial charge in [0, 0.05) is 24.5 Å². The van der Waals surface area contributed by atoms with Crippen LogP contribution in [0.2, 0.25) is 0 Å². The molecule has 3 rings (SSSR count). The van der Waals surface area contributed by atoms with Crippen molar-refractivity contribution in [1.82, 2.24) is 0 Å². The second-order valence-electron chi connectivity index (χ2n) is 5.17. The minimum atomic E-state index is -3.74. The highest BCUT2D eigenvalue weighted by Crippen LogP contribution is 2.31. The quantitative estimate of drug-likeness (QED) is 0.760. The van der Waals surface area contributed by atoms with E-state index >= 15 is 0 Å². The fraction of sp³-hybridized carbons (Fsp3) is 0.500. The second-order valence-corrected chi connectivity index (χ2v) is 6.73. The minimum Gasteiger partial charge on any atom is -0.399 e. The Morgan fingerprint density at radius 3 is 2.37 bits per heavy atom. The fourth-order valence-electron chi connectivity index (χ4n) is 2.78. The number of nitrogen functional groups attached to an aromatic ring is 1. The van der Waals surface area contributed by atoms with Crippen LogP contribution in [0, 0.1) is 0 Å². The summed E-state index contributed by atoms with van der Waals surface area (Å²) in [4.78, 5) is 2.18. The van der Waals surface area contributed by atoms with E-state index in [1.54, 1.807) is 12.1 Å². The third-order valence-corrected chi connectivity index (χ3v) is 4.54. The van der Waals surface area contributed by atoms with Gasteiger partial charge in [-0.2, -0.15) is 0 Å². The van der Waals surface area contributed by atoms with Crippen molar-refractivity contribution in [2.24, 2.45) is 5.14 Å². The van der Waals surface area contributed by atoms with Gasteiger partial charge < -0.3 is 15.4 Å². The topological polar surface area (TPSA) is 98.6 Å². The van der Waals surface area contributed by atoms with Crippen LogP contribution in [-0.2, 0) is 14.8 Å². The number of anilines is 2. The highest BCUT2D eigenvalue weighted by Gasteiger charge is 2.34. The van der Waals surface area contributed by atoms with Gasteiger partial charge in [-0.25, -0.2) is 13.6 Å². The maximum Gasteiger partial charge on any atom is 0.238 e. The summed E-state index contributed by atoms with van der Waals surface area (Å²) in [7, 11) is -3.74. The molecule has 2 fully saturated rings. The number of benzene rings is 1. The largest absolute Gasteiger partial charge is 0.399 e. The maximum absolute atomic E-state index is 11.4. The summed E-state index contributed by atoms with van der Waals surface area (Å²) >= 11 is 0. The summed E-state index contributed by atoms with van der Waals surface area (Å²) in [6, 6.07) is 4.74. The van der Waals surface area contributed by atoms with Gasteiger partial charge in [0.25, 0.3) is 0 Å². The molecular weight excluding hydrogens is 266 g/mol. The molecule has 2 aliphatic heterocycles. The lowest BCUT2D eigenvalue weighted by Crippen LogP contribution is -2.42. The van der Waals surface area contributed by atoms with E-state index in [0.717, 1.165) is 31.6 Å². The summed E-state index contributed by atoms with van der Waals surface area (Å²) in [5.74, 6) is 0. The number of nitrogens with zero attached hydrogens (tertiary/aromatic N) is 1. The molecule has 104 valence electrons. The van der Waals surface area contributed by atoms with Crippen molar-refractivity contribution in [2.75, 3.05) is 23.7 Å². The van der Waals surface area contributed by atoms with Crippen molar-refractivity contribution >= 4 is 21.4 Å². The first-order valence-electron chi connectivity index (χ1n) is 6.25. The van der Waals surface area contributed by atoms with Gasteiger partial charge in [0.15, 0.2) is 0 Å². The molecular formula is C12H17N3O3S. The Balaban J connectivity index is 1.94. The van der Waals surface area contributed by atoms with Gasteiger partial charge in [0.1, 0.15) is 0 Å². The van der Waals surface area contributed by atoms with E-state index in [2.05, 4.69) is 4.90 Å². The molecule has 0 aliphatic carbocycles. The molecule has 1 aromatic rings. The Hall–Kier alpha value is -1.31. The molecule has 0 saturated carbocycles. The number of ether oxygens (including phenoxy) is 1. The number of morpholine rings is 1. The van der Waals surface area contributed by atoms with Crippen LogP contribution >= 0.6 is 0 Å². The van der Waals surface area contributed by atoms with Crippen LogP contribution in [0.4, 0.5) is 11.4 Å². The molecule has 4 N–H and O–H groups in total. The lowest BCUT2D eigenvalue weighted by molar-refractivity contribution is 0.0305. The molecule has 6 nitrogen and oxygen atoms in total. The molecule has 2 bridgehead atoms. The normalized spacial score (nSPS) is 26.7. The number of fused-ring (bicyclic) bond motifs is 2. The van der Waals surface area contributed by atoms with Crippen molar-refractivity contribution in [2.45, 2.75) is 29.9 Å². The van der Waals surface area contributed by atoms with Crippen molar-refractivity contribution < 1.29 is 13.2 Å². The van der Waals surface area contributed by atoms with Crippen LogP contribution in [0.25, 0.3) is 0 Å². The van der Waals surface area contributed by atoms with Crippen LogP contribution in [0.1, 0.15) is 12.8 Å². The molecule has 2 unspecified atom stereocenters. The van der Waals surface area contributed by atoms with Crippen molar-refractivity contribution in [1.29, 1.82) is 0 Å². The third kappa shape index (κ3) is 2.54. The first kappa shape index (κ1) is 12.7. The van der Waals surface area contributed by atoms with Crippen molar-refractivity contribution in [3.8, 4) is 0 Å². The van der Waals surface area contributed by atoms with Gasteiger partial charge in [-0.05, 0) is 31.0 Å². The molecule has 19 heavy (non-hydrogen) atoms. The SMILES string of the molecule is Nc1cc(N2CC3CCC(C2)O3)cc(S(N)(=O)=O)c1. The first-order valence-corrected chi connectivity index (χ1v) is 7.80. The zero-order valence-electron chi connectivity index (χ0n) is 10.5. The number of hydrogen-bond donors (Lipinski definition) is 2. The molecule has 2 heterocycles. The highest BCUT2D eigenvalue weighted by molar-refractivity contribution is 7.89. The number of nitrogens with two attached hydrogens (primary N) is 2. The predicted molar refractivity (Wildman–Crippen MR) is 72.3 cm³/mol. The summed E-state index contributed by atoms with van der Waals surface area (Å²) in [5.41, 5.74) is 6.97. The lowest BCUT2D eigenvalue weighted by atomic mass is 10.2. The van der Waals surface area contributed by atoms with Gasteiger partial charge in [0.2, 0.25) is 10.0 Å². The minimum absolute atomic E-state index is 0.0568. The standard InChI is InChI=1S/C12H17N3O3S/c13-8-3-9(5-12(4-8)19(14,16)17)15-6-10-1-2-11(7-15)18-10/h3-5,10-11H,1-2,6-7,13H2,(H2,14,16,17). The van der Waals surface area contributed by atoms with E-state index in [4.69, 9.17) is 15.6 Å². The van der Waals surface area contributed by atoms with E-state index in [1.165, 1.54) is 6.07 Å². The van der Waals surface area contributed by atoms with Crippen LogP contribution in [0.5, 0.6) is 0 Å². The third-order valence-electron chi connectivity index (χ3n) is 3.65. The van der Waals surface area contributed by atoms with Crippen LogP contribution in [-0.4, -0.2) is 33.7 Å². The zero-order chi connectivity index (χ0) is 13.6. The van der Waals surface area contributed by atoms with E-state index in [1.807, 2.05) is 0 Å². The maximum atomic E-state index is 11.4. The van der Waals surface area contributed by atoms with E-state index in [9.17, 15) is 8.42 Å². The Morgan fingerprint density at radius 1 is 1.16 bits per heavy atom. The summed E-state index contributed by atoms with van der Waals surface area (Å²) in [6.45, 7) is 1.54. The van der Waals surface area contributed by atoms with E-state index < -0.39 is 10.0 Å². The van der Waals surface area contributed by atoms with Gasteiger partial charge >= 0.3 is 0 Å².